The largest absolute Gasteiger partial charge is 0.356 e. The SMILES string of the molecule is C[C@@H]1CC[C@@]2(C)c3[nH]c4ccccc4c3CCCN2C1=O. The molecule has 0 saturated carbocycles. The number of carbonyl (C=O) groups is 1. The summed E-state index contributed by atoms with van der Waals surface area (Å²) in [4.78, 5) is 18.4. The second kappa shape index (κ2) is 4.36. The van der Waals surface area contributed by atoms with Gasteiger partial charge in [-0.05, 0) is 44.2 Å². The van der Waals surface area contributed by atoms with Crippen molar-refractivity contribution in [3.8, 4) is 0 Å². The first-order valence-corrected chi connectivity index (χ1v) is 8.03. The number of aromatic amines is 1. The third-order valence-corrected chi connectivity index (χ3v) is 5.51. The molecule has 2 atom stereocenters. The molecule has 3 nitrogen and oxygen atoms in total. The van der Waals surface area contributed by atoms with Crippen molar-refractivity contribution < 1.29 is 4.79 Å². The van der Waals surface area contributed by atoms with E-state index in [2.05, 4.69) is 48.0 Å². The molecule has 2 aliphatic rings. The lowest BCUT2D eigenvalue weighted by atomic mass is 9.80. The number of carbonyl (C=O) groups excluding carboxylic acids is 1. The number of fused-ring (bicyclic) bond motifs is 5. The lowest BCUT2D eigenvalue weighted by Gasteiger charge is -2.46. The van der Waals surface area contributed by atoms with Gasteiger partial charge in [0.1, 0.15) is 0 Å². The zero-order chi connectivity index (χ0) is 14.6. The van der Waals surface area contributed by atoms with Crippen LogP contribution < -0.4 is 0 Å². The number of benzene rings is 1. The second-order valence-electron chi connectivity index (χ2n) is 6.83. The Labute approximate surface area is 125 Å². The molecule has 1 aromatic heterocycles. The number of piperidine rings is 1. The van der Waals surface area contributed by atoms with Gasteiger partial charge in [-0.3, -0.25) is 4.79 Å². The molecule has 2 aromatic rings. The lowest BCUT2D eigenvalue weighted by Crippen LogP contribution is -2.53. The molecule has 1 amide bonds. The highest BCUT2D eigenvalue weighted by Gasteiger charge is 2.45. The van der Waals surface area contributed by atoms with E-state index in [-0.39, 0.29) is 11.5 Å². The fourth-order valence-corrected chi connectivity index (χ4v) is 4.22. The molecule has 0 spiro atoms. The van der Waals surface area contributed by atoms with Gasteiger partial charge in [0.05, 0.1) is 5.54 Å². The first-order chi connectivity index (χ1) is 10.1. The molecule has 21 heavy (non-hydrogen) atoms. The molecular weight excluding hydrogens is 260 g/mol. The molecular formula is C18H22N2O. The van der Waals surface area contributed by atoms with E-state index in [1.807, 2.05) is 0 Å². The lowest BCUT2D eigenvalue weighted by molar-refractivity contribution is -0.147. The molecule has 3 heterocycles. The number of aromatic nitrogens is 1. The fraction of sp³-hybridized carbons (Fsp3) is 0.500. The highest BCUT2D eigenvalue weighted by atomic mass is 16.2. The van der Waals surface area contributed by atoms with Crippen LogP contribution in [-0.2, 0) is 16.8 Å². The van der Waals surface area contributed by atoms with Crippen LogP contribution in [0, 0.1) is 5.92 Å². The summed E-state index contributed by atoms with van der Waals surface area (Å²) in [5.74, 6) is 0.499. The predicted molar refractivity (Wildman–Crippen MR) is 84.1 cm³/mol. The van der Waals surface area contributed by atoms with E-state index in [9.17, 15) is 4.79 Å². The van der Waals surface area contributed by atoms with Gasteiger partial charge in [0.2, 0.25) is 5.91 Å². The molecule has 1 saturated heterocycles. The quantitative estimate of drug-likeness (QED) is 0.787. The number of H-pyrrole nitrogens is 1. The van der Waals surface area contributed by atoms with Gasteiger partial charge in [-0.2, -0.15) is 0 Å². The number of rotatable bonds is 0. The van der Waals surface area contributed by atoms with Crippen LogP contribution >= 0.6 is 0 Å². The molecule has 0 radical (unpaired) electrons. The van der Waals surface area contributed by atoms with Crippen LogP contribution in [0.3, 0.4) is 0 Å². The van der Waals surface area contributed by atoms with Gasteiger partial charge in [0.25, 0.3) is 0 Å². The van der Waals surface area contributed by atoms with Crippen LogP contribution in [0.15, 0.2) is 24.3 Å². The average Bonchev–Trinajstić information content (AvgIpc) is 2.79. The van der Waals surface area contributed by atoms with Crippen molar-refractivity contribution in [1.29, 1.82) is 0 Å². The summed E-state index contributed by atoms with van der Waals surface area (Å²) in [7, 11) is 0. The van der Waals surface area contributed by atoms with Gasteiger partial charge in [-0.25, -0.2) is 0 Å². The van der Waals surface area contributed by atoms with Gasteiger partial charge in [0.15, 0.2) is 0 Å². The van der Waals surface area contributed by atoms with Crippen molar-refractivity contribution in [2.45, 2.75) is 45.1 Å². The van der Waals surface area contributed by atoms with E-state index in [1.165, 1.54) is 22.2 Å². The predicted octanol–water partition coefficient (Wildman–Crippen LogP) is 3.59. The maximum Gasteiger partial charge on any atom is 0.226 e. The van der Waals surface area contributed by atoms with Crippen LogP contribution in [0.5, 0.6) is 0 Å². The Bertz CT molecular complexity index is 717. The van der Waals surface area contributed by atoms with Crippen LogP contribution in [0.2, 0.25) is 0 Å². The third kappa shape index (κ3) is 1.69. The summed E-state index contributed by atoms with van der Waals surface area (Å²) < 4.78 is 0. The van der Waals surface area contributed by atoms with E-state index in [0.29, 0.717) is 5.91 Å². The molecule has 110 valence electrons. The number of nitrogens with zero attached hydrogens (tertiary/aromatic N) is 1. The Kier molecular flexibility index (Phi) is 2.69. The molecule has 0 bridgehead atoms. The van der Waals surface area contributed by atoms with Gasteiger partial charge in [-0.15, -0.1) is 0 Å². The van der Waals surface area contributed by atoms with E-state index >= 15 is 0 Å². The highest BCUT2D eigenvalue weighted by molar-refractivity contribution is 5.86. The topological polar surface area (TPSA) is 36.1 Å². The van der Waals surface area contributed by atoms with E-state index in [1.54, 1.807) is 0 Å². The van der Waals surface area contributed by atoms with Crippen molar-refractivity contribution in [3.63, 3.8) is 0 Å². The zero-order valence-electron chi connectivity index (χ0n) is 12.8. The van der Waals surface area contributed by atoms with Gasteiger partial charge in [0, 0.05) is 29.1 Å². The Balaban J connectivity index is 1.93. The minimum absolute atomic E-state index is 0.158. The molecule has 1 fully saturated rings. The van der Waals surface area contributed by atoms with Crippen molar-refractivity contribution >= 4 is 16.8 Å². The van der Waals surface area contributed by atoms with Crippen LogP contribution in [0.1, 0.15) is 44.4 Å². The van der Waals surface area contributed by atoms with Gasteiger partial charge in [-0.1, -0.05) is 25.1 Å². The fourth-order valence-electron chi connectivity index (χ4n) is 4.22. The standard InChI is InChI=1S/C18H22N2O/c1-12-9-10-18(2)16-14(7-5-11-20(18)17(12)21)13-6-3-4-8-15(13)19-16/h3-4,6,8,12,19H,5,7,9-11H2,1-2H3/t12-,18+/m1/s1. The van der Waals surface area contributed by atoms with E-state index in [4.69, 9.17) is 0 Å². The Morgan fingerprint density at radius 1 is 1.33 bits per heavy atom. The Morgan fingerprint density at radius 3 is 3.00 bits per heavy atom. The maximum absolute atomic E-state index is 12.7. The van der Waals surface area contributed by atoms with Crippen molar-refractivity contribution in [3.05, 3.63) is 35.5 Å². The van der Waals surface area contributed by atoms with Gasteiger partial charge < -0.3 is 9.88 Å². The minimum atomic E-state index is -0.158. The summed E-state index contributed by atoms with van der Waals surface area (Å²) in [6.07, 6.45) is 4.16. The van der Waals surface area contributed by atoms with E-state index < -0.39 is 0 Å². The highest BCUT2D eigenvalue weighted by Crippen LogP contribution is 2.44. The third-order valence-electron chi connectivity index (χ3n) is 5.51. The molecule has 0 unspecified atom stereocenters. The zero-order valence-corrected chi connectivity index (χ0v) is 12.8. The second-order valence-corrected chi connectivity index (χ2v) is 6.83. The summed E-state index contributed by atoms with van der Waals surface area (Å²) in [5, 5.41) is 1.33. The van der Waals surface area contributed by atoms with Crippen LogP contribution in [-0.4, -0.2) is 22.3 Å². The molecule has 3 heteroatoms. The molecule has 1 aromatic carbocycles. The van der Waals surface area contributed by atoms with Crippen molar-refractivity contribution in [1.82, 2.24) is 9.88 Å². The van der Waals surface area contributed by atoms with Crippen molar-refractivity contribution in [2.75, 3.05) is 6.54 Å². The van der Waals surface area contributed by atoms with Crippen LogP contribution in [0.25, 0.3) is 10.9 Å². The number of hydrogen-bond acceptors (Lipinski definition) is 1. The van der Waals surface area contributed by atoms with E-state index in [0.717, 1.165) is 32.2 Å². The molecule has 1 N–H and O–H groups in total. The number of amides is 1. The number of hydrogen-bond donors (Lipinski definition) is 1. The molecule has 0 aliphatic carbocycles. The van der Waals surface area contributed by atoms with Crippen LogP contribution in [0.4, 0.5) is 0 Å². The summed E-state index contributed by atoms with van der Waals surface area (Å²) in [5.41, 5.74) is 3.75. The summed E-state index contributed by atoms with van der Waals surface area (Å²) >= 11 is 0. The Hall–Kier alpha value is -1.77. The maximum atomic E-state index is 12.7. The normalized spacial score (nSPS) is 29.1. The monoisotopic (exact) mass is 282 g/mol. The van der Waals surface area contributed by atoms with Gasteiger partial charge >= 0.3 is 0 Å². The summed E-state index contributed by atoms with van der Waals surface area (Å²) in [6.45, 7) is 5.20. The smallest absolute Gasteiger partial charge is 0.226 e. The molecule has 4 rings (SSSR count). The molecule has 2 aliphatic heterocycles. The number of nitrogens with one attached hydrogen (secondary N) is 1. The summed E-state index contributed by atoms with van der Waals surface area (Å²) in [6, 6.07) is 8.53. The first-order valence-electron chi connectivity index (χ1n) is 8.03. The average molecular weight is 282 g/mol. The number of para-hydroxylation sites is 1. The number of aryl methyl sites for hydroxylation is 1. The van der Waals surface area contributed by atoms with Crippen molar-refractivity contribution in [2.24, 2.45) is 5.92 Å². The minimum Gasteiger partial charge on any atom is -0.356 e. The Morgan fingerprint density at radius 2 is 2.14 bits per heavy atom. The first kappa shape index (κ1) is 12.9.